The average molecular weight is 282 g/mol. The molecule has 3 N–H and O–H groups in total. The summed E-state index contributed by atoms with van der Waals surface area (Å²) in [6.45, 7) is 0. The van der Waals surface area contributed by atoms with Crippen LogP contribution in [0.4, 0.5) is 0 Å². The largest absolute Gasteiger partial charge is 0.379 e. The van der Waals surface area contributed by atoms with E-state index >= 15 is 0 Å². The molecule has 5 heteroatoms. The Balaban J connectivity index is 0.00000144. The zero-order chi connectivity index (χ0) is 8.97. The van der Waals surface area contributed by atoms with Crippen molar-refractivity contribution in [3.05, 3.63) is 34.9 Å². The normalized spacial score (nSPS) is 9.00. The summed E-state index contributed by atoms with van der Waals surface area (Å²) in [5, 5.41) is 7.87. The molecule has 0 aliphatic rings. The zero-order valence-electron chi connectivity index (χ0n) is 6.79. The molecule has 0 aliphatic heterocycles. The first-order valence-electron chi connectivity index (χ1n) is 3.40. The van der Waals surface area contributed by atoms with Gasteiger partial charge in [-0.15, -0.1) is 17.0 Å². The van der Waals surface area contributed by atoms with Crippen molar-refractivity contribution in [2.45, 2.75) is 5.75 Å². The van der Waals surface area contributed by atoms with E-state index in [-0.39, 0.29) is 22.1 Å². The summed E-state index contributed by atoms with van der Waals surface area (Å²) >= 11 is 7.01. The number of benzene rings is 1. The summed E-state index contributed by atoms with van der Waals surface area (Å²) < 4.78 is 0. The number of halogens is 2. The SMILES string of the molecule is Br.N=C(N)SCc1ccc(Cl)cc1. The lowest BCUT2D eigenvalue weighted by atomic mass is 10.2. The van der Waals surface area contributed by atoms with E-state index in [2.05, 4.69) is 0 Å². The van der Waals surface area contributed by atoms with Crippen LogP contribution in [-0.4, -0.2) is 5.17 Å². The van der Waals surface area contributed by atoms with Gasteiger partial charge in [0.25, 0.3) is 0 Å². The van der Waals surface area contributed by atoms with Crippen LogP contribution in [0.25, 0.3) is 0 Å². The molecule has 0 aliphatic carbocycles. The fraction of sp³-hybridized carbons (Fsp3) is 0.125. The first-order chi connectivity index (χ1) is 5.68. The second-order valence-corrected chi connectivity index (χ2v) is 3.73. The number of rotatable bonds is 2. The van der Waals surface area contributed by atoms with Crippen LogP contribution in [0.1, 0.15) is 5.56 Å². The number of hydrogen-bond donors (Lipinski definition) is 2. The lowest BCUT2D eigenvalue weighted by Crippen LogP contribution is -2.03. The summed E-state index contributed by atoms with van der Waals surface area (Å²) in [5.41, 5.74) is 6.32. The maximum Gasteiger partial charge on any atom is 0.151 e. The Kier molecular flexibility index (Phi) is 6.20. The molecule has 2 nitrogen and oxygen atoms in total. The van der Waals surface area contributed by atoms with E-state index in [4.69, 9.17) is 22.7 Å². The fourth-order valence-electron chi connectivity index (χ4n) is 0.742. The van der Waals surface area contributed by atoms with Crippen molar-refractivity contribution >= 4 is 45.5 Å². The lowest BCUT2D eigenvalue weighted by Gasteiger charge is -1.98. The van der Waals surface area contributed by atoms with Crippen molar-refractivity contribution in [3.8, 4) is 0 Å². The second-order valence-electron chi connectivity index (χ2n) is 2.28. The molecule has 1 aromatic carbocycles. The third-order valence-corrected chi connectivity index (χ3v) is 2.35. The summed E-state index contributed by atoms with van der Waals surface area (Å²) in [5.74, 6) is 0.729. The Morgan fingerprint density at radius 3 is 2.38 bits per heavy atom. The molecule has 0 heterocycles. The van der Waals surface area contributed by atoms with Crippen LogP contribution < -0.4 is 5.73 Å². The maximum atomic E-state index is 7.00. The standard InChI is InChI=1S/C8H9ClN2S.BrH/c9-7-3-1-6(2-4-7)5-12-8(10)11;/h1-4H,5H2,(H3,10,11);1H. The lowest BCUT2D eigenvalue weighted by molar-refractivity contribution is 1.42. The monoisotopic (exact) mass is 280 g/mol. The van der Waals surface area contributed by atoms with Crippen LogP contribution >= 0.6 is 40.3 Å². The molecular weight excluding hydrogens is 272 g/mol. The van der Waals surface area contributed by atoms with E-state index in [0.717, 1.165) is 16.3 Å². The van der Waals surface area contributed by atoms with Crippen LogP contribution in [0.2, 0.25) is 5.02 Å². The third-order valence-electron chi connectivity index (χ3n) is 1.31. The molecule has 72 valence electrons. The Hall–Kier alpha value is -0.190. The molecule has 13 heavy (non-hydrogen) atoms. The number of nitrogens with two attached hydrogens (primary N) is 1. The van der Waals surface area contributed by atoms with Gasteiger partial charge in [-0.05, 0) is 17.7 Å². The van der Waals surface area contributed by atoms with Gasteiger partial charge in [0.1, 0.15) is 0 Å². The number of amidine groups is 1. The smallest absolute Gasteiger partial charge is 0.151 e. The molecule has 0 fully saturated rings. The molecule has 1 aromatic rings. The molecule has 0 bridgehead atoms. The van der Waals surface area contributed by atoms with Gasteiger partial charge in [0.2, 0.25) is 0 Å². The van der Waals surface area contributed by atoms with Crippen molar-refractivity contribution in [2.24, 2.45) is 5.73 Å². The first kappa shape index (κ1) is 12.8. The third kappa shape index (κ3) is 5.18. The Morgan fingerprint density at radius 2 is 1.92 bits per heavy atom. The molecule has 0 atom stereocenters. The summed E-state index contributed by atoms with van der Waals surface area (Å²) in [6, 6.07) is 7.52. The molecule has 0 aromatic heterocycles. The summed E-state index contributed by atoms with van der Waals surface area (Å²) in [7, 11) is 0. The highest BCUT2D eigenvalue weighted by molar-refractivity contribution is 8.93. The van der Waals surface area contributed by atoms with Crippen molar-refractivity contribution in [2.75, 3.05) is 0 Å². The minimum atomic E-state index is 0. The Labute approximate surface area is 97.1 Å². The molecule has 1 rings (SSSR count). The summed E-state index contributed by atoms with van der Waals surface area (Å²) in [6.07, 6.45) is 0. The van der Waals surface area contributed by atoms with E-state index in [1.165, 1.54) is 11.8 Å². The molecule has 0 saturated heterocycles. The van der Waals surface area contributed by atoms with E-state index < -0.39 is 0 Å². The highest BCUT2D eigenvalue weighted by atomic mass is 79.9. The van der Waals surface area contributed by atoms with Gasteiger partial charge in [-0.25, -0.2) is 0 Å². The van der Waals surface area contributed by atoms with E-state index in [1.54, 1.807) is 0 Å². The molecule has 0 saturated carbocycles. The van der Waals surface area contributed by atoms with Crippen LogP contribution in [-0.2, 0) is 5.75 Å². The molecule has 0 amide bonds. The molecule has 0 radical (unpaired) electrons. The number of hydrogen-bond acceptors (Lipinski definition) is 2. The van der Waals surface area contributed by atoms with Gasteiger partial charge < -0.3 is 5.73 Å². The van der Waals surface area contributed by atoms with Gasteiger partial charge >= 0.3 is 0 Å². The highest BCUT2D eigenvalue weighted by Crippen LogP contribution is 2.14. The van der Waals surface area contributed by atoms with Gasteiger partial charge in [0.15, 0.2) is 5.17 Å². The molecule has 0 unspecified atom stereocenters. The summed E-state index contributed by atoms with van der Waals surface area (Å²) in [4.78, 5) is 0. The zero-order valence-corrected chi connectivity index (χ0v) is 10.1. The van der Waals surface area contributed by atoms with Gasteiger partial charge in [-0.3, -0.25) is 5.41 Å². The van der Waals surface area contributed by atoms with Crippen molar-refractivity contribution in [3.63, 3.8) is 0 Å². The Bertz CT molecular complexity index is 276. The minimum absolute atomic E-state index is 0. The Morgan fingerprint density at radius 1 is 1.38 bits per heavy atom. The maximum absolute atomic E-state index is 7.00. The van der Waals surface area contributed by atoms with Crippen LogP contribution in [0.15, 0.2) is 24.3 Å². The van der Waals surface area contributed by atoms with Crippen molar-refractivity contribution in [1.29, 1.82) is 5.41 Å². The van der Waals surface area contributed by atoms with E-state index in [9.17, 15) is 0 Å². The second kappa shape index (κ2) is 6.29. The molecule has 0 spiro atoms. The van der Waals surface area contributed by atoms with Gasteiger partial charge in [0.05, 0.1) is 0 Å². The van der Waals surface area contributed by atoms with Crippen molar-refractivity contribution < 1.29 is 0 Å². The van der Waals surface area contributed by atoms with Crippen LogP contribution in [0.5, 0.6) is 0 Å². The molecular formula is C8H10BrClN2S. The van der Waals surface area contributed by atoms with Crippen LogP contribution in [0, 0.1) is 5.41 Å². The number of thioether (sulfide) groups is 1. The van der Waals surface area contributed by atoms with Gasteiger partial charge in [0, 0.05) is 10.8 Å². The minimum Gasteiger partial charge on any atom is -0.379 e. The first-order valence-corrected chi connectivity index (χ1v) is 4.76. The fourth-order valence-corrected chi connectivity index (χ4v) is 1.38. The highest BCUT2D eigenvalue weighted by Gasteiger charge is 1.94. The van der Waals surface area contributed by atoms with E-state index in [1.807, 2.05) is 24.3 Å². The quantitative estimate of drug-likeness (QED) is 0.646. The van der Waals surface area contributed by atoms with Crippen LogP contribution in [0.3, 0.4) is 0 Å². The van der Waals surface area contributed by atoms with E-state index in [0.29, 0.717) is 0 Å². The van der Waals surface area contributed by atoms with Gasteiger partial charge in [-0.1, -0.05) is 35.5 Å². The predicted octanol–water partition coefficient (Wildman–Crippen LogP) is 3.04. The van der Waals surface area contributed by atoms with Crippen molar-refractivity contribution in [1.82, 2.24) is 0 Å². The topological polar surface area (TPSA) is 49.9 Å². The average Bonchev–Trinajstić information content (AvgIpc) is 2.03. The van der Waals surface area contributed by atoms with Gasteiger partial charge in [-0.2, -0.15) is 0 Å². The number of nitrogens with one attached hydrogen (secondary N) is 1. The predicted molar refractivity (Wildman–Crippen MR) is 65.0 cm³/mol.